The monoisotopic (exact) mass is 232 g/mol. The van der Waals surface area contributed by atoms with E-state index in [1.807, 2.05) is 0 Å². The number of alkyl halides is 3. The van der Waals surface area contributed by atoms with Gasteiger partial charge in [0.1, 0.15) is 0 Å². The predicted octanol–water partition coefficient (Wildman–Crippen LogP) is 2.72. The molecule has 1 aromatic carbocycles. The van der Waals surface area contributed by atoms with Crippen LogP contribution in [0.2, 0.25) is 0 Å². The number of carbonyl (C=O) groups is 1. The Kier molecular flexibility index (Phi) is 3.93. The van der Waals surface area contributed by atoms with Gasteiger partial charge in [0, 0.05) is 0 Å². The van der Waals surface area contributed by atoms with E-state index in [0.717, 1.165) is 6.92 Å². The summed E-state index contributed by atoms with van der Waals surface area (Å²) in [4.78, 5) is 11.1. The summed E-state index contributed by atoms with van der Waals surface area (Å²) in [6, 6.07) is 8.47. The molecule has 88 valence electrons. The van der Waals surface area contributed by atoms with Gasteiger partial charge in [-0.15, -0.1) is 0 Å². The molecule has 0 heterocycles. The Hall–Kier alpha value is -1.52. The fraction of sp³-hybridized carbons (Fsp3) is 0.364. The van der Waals surface area contributed by atoms with Crippen LogP contribution in [0.5, 0.6) is 0 Å². The maximum absolute atomic E-state index is 12.1. The van der Waals surface area contributed by atoms with Crippen molar-refractivity contribution in [2.45, 2.75) is 25.6 Å². The van der Waals surface area contributed by atoms with Crippen LogP contribution in [0, 0.1) is 0 Å². The van der Waals surface area contributed by atoms with Crippen molar-refractivity contribution >= 4 is 5.97 Å². The van der Waals surface area contributed by atoms with Crippen LogP contribution in [0.15, 0.2) is 30.3 Å². The molecule has 5 heteroatoms. The molecular weight excluding hydrogens is 221 g/mol. The molecule has 0 bridgehead atoms. The van der Waals surface area contributed by atoms with Gasteiger partial charge in [-0.3, -0.25) is 4.79 Å². The Labute approximate surface area is 91.0 Å². The molecule has 0 N–H and O–H groups in total. The lowest BCUT2D eigenvalue weighted by Crippen LogP contribution is -2.31. The van der Waals surface area contributed by atoms with Crippen LogP contribution in [0.25, 0.3) is 0 Å². The SMILES string of the molecule is CC(OC(=O)Cc1ccccc1)C(F)(F)F. The van der Waals surface area contributed by atoms with Crippen LogP contribution < -0.4 is 0 Å². The Morgan fingerprint density at radius 1 is 1.31 bits per heavy atom. The summed E-state index contributed by atoms with van der Waals surface area (Å²) >= 11 is 0. The first-order valence-corrected chi connectivity index (χ1v) is 4.69. The van der Waals surface area contributed by atoms with E-state index in [-0.39, 0.29) is 6.42 Å². The predicted molar refractivity (Wildman–Crippen MR) is 51.8 cm³/mol. The Morgan fingerprint density at radius 3 is 2.38 bits per heavy atom. The van der Waals surface area contributed by atoms with Crippen molar-refractivity contribution in [3.05, 3.63) is 35.9 Å². The molecular formula is C11H11F3O2. The summed E-state index contributed by atoms with van der Waals surface area (Å²) in [5.74, 6) is -0.879. The number of benzene rings is 1. The van der Waals surface area contributed by atoms with Gasteiger partial charge in [-0.05, 0) is 12.5 Å². The lowest BCUT2D eigenvalue weighted by molar-refractivity contribution is -0.215. The van der Waals surface area contributed by atoms with Crippen LogP contribution in [-0.4, -0.2) is 18.2 Å². The van der Waals surface area contributed by atoms with E-state index in [1.165, 1.54) is 0 Å². The molecule has 1 atom stereocenters. The van der Waals surface area contributed by atoms with Crippen molar-refractivity contribution in [3.63, 3.8) is 0 Å². The second kappa shape index (κ2) is 5.01. The fourth-order valence-electron chi connectivity index (χ4n) is 1.07. The zero-order valence-electron chi connectivity index (χ0n) is 8.62. The van der Waals surface area contributed by atoms with Gasteiger partial charge in [0.05, 0.1) is 6.42 Å². The maximum Gasteiger partial charge on any atom is 0.425 e. The number of carbonyl (C=O) groups excluding carboxylic acids is 1. The van der Waals surface area contributed by atoms with E-state index in [9.17, 15) is 18.0 Å². The van der Waals surface area contributed by atoms with Crippen molar-refractivity contribution < 1.29 is 22.7 Å². The molecule has 0 aliphatic heterocycles. The molecule has 0 spiro atoms. The molecule has 16 heavy (non-hydrogen) atoms. The van der Waals surface area contributed by atoms with Gasteiger partial charge in [0.25, 0.3) is 0 Å². The van der Waals surface area contributed by atoms with Crippen LogP contribution in [0.1, 0.15) is 12.5 Å². The molecule has 0 radical (unpaired) electrons. The maximum atomic E-state index is 12.1. The number of ether oxygens (including phenoxy) is 1. The molecule has 0 saturated carbocycles. The normalized spacial score (nSPS) is 13.2. The summed E-state index contributed by atoms with van der Waals surface area (Å²) in [6.07, 6.45) is -6.73. The van der Waals surface area contributed by atoms with Crippen molar-refractivity contribution in [2.24, 2.45) is 0 Å². The van der Waals surface area contributed by atoms with Gasteiger partial charge in [0.15, 0.2) is 6.10 Å². The minimum Gasteiger partial charge on any atom is -0.453 e. The van der Waals surface area contributed by atoms with Gasteiger partial charge < -0.3 is 4.74 Å². The van der Waals surface area contributed by atoms with Gasteiger partial charge in [-0.1, -0.05) is 30.3 Å². The van der Waals surface area contributed by atoms with Gasteiger partial charge >= 0.3 is 12.1 Å². The Morgan fingerprint density at radius 2 is 1.88 bits per heavy atom. The molecule has 1 rings (SSSR count). The summed E-state index contributed by atoms with van der Waals surface area (Å²) < 4.78 is 40.5. The minimum absolute atomic E-state index is 0.152. The highest BCUT2D eigenvalue weighted by Crippen LogP contribution is 2.22. The van der Waals surface area contributed by atoms with Crippen molar-refractivity contribution in [1.29, 1.82) is 0 Å². The Bertz CT molecular complexity index is 346. The van der Waals surface area contributed by atoms with Gasteiger partial charge in [-0.2, -0.15) is 13.2 Å². The lowest BCUT2D eigenvalue weighted by Gasteiger charge is -2.16. The third kappa shape index (κ3) is 3.92. The van der Waals surface area contributed by atoms with Gasteiger partial charge in [-0.25, -0.2) is 0 Å². The summed E-state index contributed by atoms with van der Waals surface area (Å²) in [5, 5.41) is 0. The second-order valence-electron chi connectivity index (χ2n) is 3.34. The summed E-state index contributed by atoms with van der Waals surface area (Å²) in [5.41, 5.74) is 0.627. The number of esters is 1. The first-order valence-electron chi connectivity index (χ1n) is 4.69. The third-order valence-corrected chi connectivity index (χ3v) is 1.96. The van der Waals surface area contributed by atoms with E-state index in [4.69, 9.17) is 0 Å². The molecule has 0 fully saturated rings. The van der Waals surface area contributed by atoms with E-state index in [1.54, 1.807) is 30.3 Å². The molecule has 1 aromatic rings. The van der Waals surface area contributed by atoms with E-state index < -0.39 is 18.2 Å². The molecule has 0 saturated heterocycles. The number of hydrogen-bond donors (Lipinski definition) is 0. The minimum atomic E-state index is -4.51. The Balaban J connectivity index is 2.49. The van der Waals surface area contributed by atoms with Crippen LogP contribution in [-0.2, 0) is 16.0 Å². The number of rotatable bonds is 3. The average molecular weight is 232 g/mol. The number of hydrogen-bond acceptors (Lipinski definition) is 2. The molecule has 0 aliphatic rings. The fourth-order valence-corrected chi connectivity index (χ4v) is 1.07. The highest BCUT2D eigenvalue weighted by molar-refractivity contribution is 5.72. The lowest BCUT2D eigenvalue weighted by atomic mass is 10.1. The van der Waals surface area contributed by atoms with E-state index in [2.05, 4.69) is 4.74 Å². The van der Waals surface area contributed by atoms with Gasteiger partial charge in [0.2, 0.25) is 0 Å². The smallest absolute Gasteiger partial charge is 0.425 e. The van der Waals surface area contributed by atoms with E-state index >= 15 is 0 Å². The van der Waals surface area contributed by atoms with E-state index in [0.29, 0.717) is 5.56 Å². The molecule has 2 nitrogen and oxygen atoms in total. The van der Waals surface area contributed by atoms with Crippen LogP contribution in [0.3, 0.4) is 0 Å². The molecule has 0 amide bonds. The van der Waals surface area contributed by atoms with Crippen molar-refractivity contribution in [3.8, 4) is 0 Å². The molecule has 1 unspecified atom stereocenters. The second-order valence-corrected chi connectivity index (χ2v) is 3.34. The summed E-state index contributed by atoms with van der Waals surface area (Å²) in [7, 11) is 0. The average Bonchev–Trinajstić information content (AvgIpc) is 2.17. The first kappa shape index (κ1) is 12.5. The zero-order valence-corrected chi connectivity index (χ0v) is 8.62. The van der Waals surface area contributed by atoms with Crippen LogP contribution in [0.4, 0.5) is 13.2 Å². The summed E-state index contributed by atoms with van der Waals surface area (Å²) in [6.45, 7) is 0.808. The van der Waals surface area contributed by atoms with Crippen molar-refractivity contribution in [2.75, 3.05) is 0 Å². The molecule has 0 aliphatic carbocycles. The highest BCUT2D eigenvalue weighted by atomic mass is 19.4. The standard InChI is InChI=1S/C11H11F3O2/c1-8(11(12,13)14)16-10(15)7-9-5-3-2-4-6-9/h2-6,8H,7H2,1H3. The molecule has 0 aromatic heterocycles. The highest BCUT2D eigenvalue weighted by Gasteiger charge is 2.39. The van der Waals surface area contributed by atoms with Crippen molar-refractivity contribution in [1.82, 2.24) is 0 Å². The number of halogens is 3. The topological polar surface area (TPSA) is 26.3 Å². The largest absolute Gasteiger partial charge is 0.453 e. The third-order valence-electron chi connectivity index (χ3n) is 1.96. The van der Waals surface area contributed by atoms with Crippen LogP contribution >= 0.6 is 0 Å². The first-order chi connectivity index (χ1) is 7.39. The quantitative estimate of drug-likeness (QED) is 0.749. The zero-order chi connectivity index (χ0) is 12.2.